The van der Waals surface area contributed by atoms with E-state index >= 15 is 0 Å². The summed E-state index contributed by atoms with van der Waals surface area (Å²) >= 11 is 6.15. The van der Waals surface area contributed by atoms with Gasteiger partial charge in [0.25, 0.3) is 0 Å². The lowest BCUT2D eigenvalue weighted by atomic mass is 10.0. The lowest BCUT2D eigenvalue weighted by Gasteiger charge is -2.28. The molecule has 170 valence electrons. The fourth-order valence-corrected chi connectivity index (χ4v) is 4.82. The molecule has 2 aliphatic rings. The van der Waals surface area contributed by atoms with Crippen molar-refractivity contribution in [2.45, 2.75) is 25.3 Å². The smallest absolute Gasteiger partial charge is 0.228 e. The van der Waals surface area contributed by atoms with E-state index in [9.17, 15) is 9.59 Å². The molecule has 0 spiro atoms. The summed E-state index contributed by atoms with van der Waals surface area (Å²) in [6.45, 7) is 0.979. The van der Waals surface area contributed by atoms with Crippen molar-refractivity contribution in [3.8, 4) is 17.2 Å². The molecule has 2 amide bonds. The molecule has 0 saturated carbocycles. The third-order valence-corrected chi connectivity index (χ3v) is 6.47. The van der Waals surface area contributed by atoms with E-state index in [4.69, 9.17) is 25.8 Å². The molecule has 2 saturated heterocycles. The van der Waals surface area contributed by atoms with Crippen LogP contribution in [0.1, 0.15) is 30.9 Å². The molecule has 0 bridgehead atoms. The number of ether oxygens (including phenoxy) is 3. The number of amides is 2. The maximum absolute atomic E-state index is 13.5. The first-order chi connectivity index (χ1) is 15.5. The molecular formula is C24H27ClN2O5. The first kappa shape index (κ1) is 22.3. The summed E-state index contributed by atoms with van der Waals surface area (Å²) in [6.07, 6.45) is 1.95. The van der Waals surface area contributed by atoms with Gasteiger partial charge in [0, 0.05) is 24.5 Å². The van der Waals surface area contributed by atoms with Crippen molar-refractivity contribution in [1.82, 2.24) is 4.90 Å². The van der Waals surface area contributed by atoms with E-state index in [2.05, 4.69) is 0 Å². The fourth-order valence-electron chi connectivity index (χ4n) is 4.65. The minimum absolute atomic E-state index is 0.000806. The van der Waals surface area contributed by atoms with Gasteiger partial charge in [-0.05, 0) is 48.7 Å². The molecule has 2 aromatic rings. The number of benzene rings is 2. The number of likely N-dealkylation sites (tertiary alicyclic amines) is 1. The molecule has 0 N–H and O–H groups in total. The summed E-state index contributed by atoms with van der Waals surface area (Å²) in [5.74, 6) is 1.33. The highest BCUT2D eigenvalue weighted by atomic mass is 35.5. The first-order valence-electron chi connectivity index (χ1n) is 10.6. The number of halogens is 1. The van der Waals surface area contributed by atoms with Crippen LogP contribution in [-0.2, 0) is 9.59 Å². The van der Waals surface area contributed by atoms with Gasteiger partial charge in [-0.15, -0.1) is 0 Å². The second-order valence-electron chi connectivity index (χ2n) is 8.03. The normalized spacial score (nSPS) is 20.6. The number of methoxy groups -OCH3 is 3. The van der Waals surface area contributed by atoms with Crippen LogP contribution in [0.4, 0.5) is 5.69 Å². The standard InChI is InChI=1S/C24H27ClN2O5/c1-30-20-9-7-17(25)13-19(20)27-14-16(12-23(27)28)24(29)26-10-4-5-18(26)15-6-8-21(31-2)22(11-15)32-3/h6-9,11,13,16,18H,4-5,10,12,14H2,1-3H3/t16-,18+/m0/s1. The molecule has 32 heavy (non-hydrogen) atoms. The van der Waals surface area contributed by atoms with Crippen LogP contribution in [-0.4, -0.2) is 51.1 Å². The summed E-state index contributed by atoms with van der Waals surface area (Å²) in [4.78, 5) is 29.8. The van der Waals surface area contributed by atoms with Gasteiger partial charge >= 0.3 is 0 Å². The Labute approximate surface area is 192 Å². The van der Waals surface area contributed by atoms with Crippen LogP contribution in [0.25, 0.3) is 0 Å². The van der Waals surface area contributed by atoms with E-state index in [1.54, 1.807) is 44.4 Å². The zero-order valence-corrected chi connectivity index (χ0v) is 19.2. The van der Waals surface area contributed by atoms with Crippen molar-refractivity contribution in [3.05, 3.63) is 47.0 Å². The Balaban J connectivity index is 1.54. The van der Waals surface area contributed by atoms with Crippen LogP contribution in [0.5, 0.6) is 17.2 Å². The van der Waals surface area contributed by atoms with E-state index < -0.39 is 5.92 Å². The summed E-state index contributed by atoms with van der Waals surface area (Å²) < 4.78 is 16.2. The molecule has 2 heterocycles. The van der Waals surface area contributed by atoms with Gasteiger partial charge in [0.05, 0.1) is 39.0 Å². The molecular weight excluding hydrogens is 432 g/mol. The monoisotopic (exact) mass is 458 g/mol. The summed E-state index contributed by atoms with van der Waals surface area (Å²) in [5.41, 5.74) is 1.60. The second kappa shape index (κ2) is 9.28. The zero-order valence-electron chi connectivity index (χ0n) is 18.5. The quantitative estimate of drug-likeness (QED) is 0.652. The van der Waals surface area contributed by atoms with Gasteiger partial charge in [0.15, 0.2) is 11.5 Å². The highest BCUT2D eigenvalue weighted by Crippen LogP contribution is 2.40. The van der Waals surface area contributed by atoms with Crippen molar-refractivity contribution >= 4 is 29.1 Å². The Morgan fingerprint density at radius 3 is 2.44 bits per heavy atom. The van der Waals surface area contributed by atoms with Gasteiger partial charge in [-0.25, -0.2) is 0 Å². The number of anilines is 1. The molecule has 0 aliphatic carbocycles. The van der Waals surface area contributed by atoms with Crippen LogP contribution in [0.3, 0.4) is 0 Å². The first-order valence-corrected chi connectivity index (χ1v) is 11.0. The predicted molar refractivity (Wildman–Crippen MR) is 122 cm³/mol. The Bertz CT molecular complexity index is 1030. The summed E-state index contributed by atoms with van der Waals surface area (Å²) in [7, 11) is 4.75. The largest absolute Gasteiger partial charge is 0.495 e. The topological polar surface area (TPSA) is 68.3 Å². The molecule has 0 unspecified atom stereocenters. The van der Waals surface area contributed by atoms with Crippen molar-refractivity contribution in [3.63, 3.8) is 0 Å². The van der Waals surface area contributed by atoms with Gasteiger partial charge < -0.3 is 24.0 Å². The molecule has 4 rings (SSSR count). The average molecular weight is 459 g/mol. The van der Waals surface area contributed by atoms with Gasteiger partial charge in [-0.1, -0.05) is 17.7 Å². The van der Waals surface area contributed by atoms with Crippen LogP contribution < -0.4 is 19.1 Å². The summed E-state index contributed by atoms with van der Waals surface area (Å²) in [5, 5.41) is 0.511. The minimum atomic E-state index is -0.410. The molecule has 0 aromatic heterocycles. The Kier molecular flexibility index (Phi) is 6.46. The Morgan fingerprint density at radius 1 is 1.00 bits per heavy atom. The number of carbonyl (C=O) groups excluding carboxylic acids is 2. The van der Waals surface area contributed by atoms with Crippen molar-refractivity contribution in [2.24, 2.45) is 5.92 Å². The third kappa shape index (κ3) is 4.09. The molecule has 8 heteroatoms. The highest BCUT2D eigenvalue weighted by Gasteiger charge is 2.41. The van der Waals surface area contributed by atoms with E-state index in [-0.39, 0.29) is 24.3 Å². The average Bonchev–Trinajstić information content (AvgIpc) is 3.45. The van der Waals surface area contributed by atoms with Gasteiger partial charge in [-0.2, -0.15) is 0 Å². The zero-order chi connectivity index (χ0) is 22.8. The van der Waals surface area contributed by atoms with Crippen LogP contribution >= 0.6 is 11.6 Å². The lowest BCUT2D eigenvalue weighted by molar-refractivity contribution is -0.136. The van der Waals surface area contributed by atoms with Gasteiger partial charge in [0.2, 0.25) is 11.8 Å². The SMILES string of the molecule is COc1ccc([C@H]2CCCN2C(=O)[C@H]2CC(=O)N(c3cc(Cl)ccc3OC)C2)cc1OC. The molecule has 2 aliphatic heterocycles. The number of hydrogen-bond donors (Lipinski definition) is 0. The van der Waals surface area contributed by atoms with Crippen LogP contribution in [0.2, 0.25) is 5.02 Å². The molecule has 2 aromatic carbocycles. The van der Waals surface area contributed by atoms with E-state index in [0.29, 0.717) is 41.0 Å². The van der Waals surface area contributed by atoms with Gasteiger partial charge in [-0.3, -0.25) is 9.59 Å². The number of rotatable bonds is 6. The Hall–Kier alpha value is -2.93. The number of carbonyl (C=O) groups is 2. The van der Waals surface area contributed by atoms with Crippen molar-refractivity contribution < 1.29 is 23.8 Å². The maximum Gasteiger partial charge on any atom is 0.228 e. The van der Waals surface area contributed by atoms with Gasteiger partial charge in [0.1, 0.15) is 5.75 Å². The molecule has 0 radical (unpaired) electrons. The highest BCUT2D eigenvalue weighted by molar-refractivity contribution is 6.31. The van der Waals surface area contributed by atoms with Crippen molar-refractivity contribution in [2.75, 3.05) is 39.3 Å². The third-order valence-electron chi connectivity index (χ3n) is 6.23. The number of nitrogens with zero attached hydrogens (tertiary/aromatic N) is 2. The van der Waals surface area contributed by atoms with E-state index in [0.717, 1.165) is 18.4 Å². The second-order valence-corrected chi connectivity index (χ2v) is 8.46. The Morgan fingerprint density at radius 2 is 1.72 bits per heavy atom. The fraction of sp³-hybridized carbons (Fsp3) is 0.417. The van der Waals surface area contributed by atoms with Crippen LogP contribution in [0, 0.1) is 5.92 Å². The van der Waals surface area contributed by atoms with Crippen molar-refractivity contribution in [1.29, 1.82) is 0 Å². The lowest BCUT2D eigenvalue weighted by Crippen LogP contribution is -2.37. The molecule has 7 nitrogen and oxygen atoms in total. The predicted octanol–water partition coefficient (Wildman–Crippen LogP) is 4.08. The molecule has 2 fully saturated rings. The van der Waals surface area contributed by atoms with E-state index in [1.165, 1.54) is 0 Å². The number of hydrogen-bond acceptors (Lipinski definition) is 5. The van der Waals surface area contributed by atoms with Crippen LogP contribution in [0.15, 0.2) is 36.4 Å². The minimum Gasteiger partial charge on any atom is -0.495 e. The summed E-state index contributed by atoms with van der Waals surface area (Å²) in [6, 6.07) is 10.9. The maximum atomic E-state index is 13.5. The molecule has 2 atom stereocenters. The van der Waals surface area contributed by atoms with E-state index in [1.807, 2.05) is 23.1 Å².